The van der Waals surface area contributed by atoms with E-state index < -0.39 is 23.4 Å². The molecule has 0 saturated carbocycles. The van der Waals surface area contributed by atoms with E-state index in [9.17, 15) is 14.4 Å². The number of ketones is 1. The second-order valence-corrected chi connectivity index (χ2v) is 8.50. The van der Waals surface area contributed by atoms with Crippen molar-refractivity contribution in [1.82, 2.24) is 0 Å². The fraction of sp³-hybridized carbons (Fsp3) is 0.500. The van der Waals surface area contributed by atoms with E-state index >= 15 is 0 Å². The van der Waals surface area contributed by atoms with E-state index in [0.717, 1.165) is 0 Å². The van der Waals surface area contributed by atoms with Gasteiger partial charge in [0, 0.05) is 5.38 Å². The lowest BCUT2D eigenvalue weighted by atomic mass is 10.2. The number of thiophene rings is 1. The molecule has 1 rings (SSSR count). The molecule has 0 radical (unpaired) electrons. The highest BCUT2D eigenvalue weighted by atomic mass is 32.1. The van der Waals surface area contributed by atoms with Crippen LogP contribution in [0.4, 0.5) is 21.0 Å². The van der Waals surface area contributed by atoms with Crippen molar-refractivity contribution in [3.63, 3.8) is 0 Å². The van der Waals surface area contributed by atoms with Gasteiger partial charge in [0.15, 0.2) is 5.78 Å². The number of carbonyl (C=O) groups is 3. The number of anilines is 2. The van der Waals surface area contributed by atoms with Crippen LogP contribution in [0.25, 0.3) is 6.08 Å². The van der Waals surface area contributed by atoms with Crippen LogP contribution in [0.15, 0.2) is 11.5 Å². The molecule has 0 unspecified atom stereocenters. The van der Waals surface area contributed by atoms with Gasteiger partial charge < -0.3 is 9.47 Å². The molecule has 144 valence electrons. The number of ether oxygens (including phenoxy) is 2. The Hall–Kier alpha value is -2.35. The van der Waals surface area contributed by atoms with Gasteiger partial charge in [0.25, 0.3) is 0 Å². The molecular formula is C18H26N2O5S. The van der Waals surface area contributed by atoms with E-state index in [-0.39, 0.29) is 5.78 Å². The van der Waals surface area contributed by atoms with Gasteiger partial charge in [0.05, 0.1) is 16.3 Å². The number of amides is 2. The second kappa shape index (κ2) is 8.35. The van der Waals surface area contributed by atoms with Gasteiger partial charge in [0.1, 0.15) is 11.2 Å². The third-order valence-electron chi connectivity index (χ3n) is 2.55. The van der Waals surface area contributed by atoms with Gasteiger partial charge in [-0.1, -0.05) is 0 Å². The first kappa shape index (κ1) is 21.7. The van der Waals surface area contributed by atoms with Crippen molar-refractivity contribution in [2.24, 2.45) is 0 Å². The Morgan fingerprint density at radius 2 is 1.46 bits per heavy atom. The SMILES string of the molecule is CC(=O)/C=C/c1scc(NC(=O)OC(C)(C)C)c1NC(=O)OC(C)(C)C. The van der Waals surface area contributed by atoms with Crippen LogP contribution in [-0.2, 0) is 14.3 Å². The molecule has 0 aliphatic rings. The van der Waals surface area contributed by atoms with Crippen molar-refractivity contribution in [2.75, 3.05) is 10.6 Å². The highest BCUT2D eigenvalue weighted by molar-refractivity contribution is 7.12. The van der Waals surface area contributed by atoms with Gasteiger partial charge >= 0.3 is 12.2 Å². The first-order valence-electron chi connectivity index (χ1n) is 8.07. The molecule has 1 aromatic rings. The third kappa shape index (κ3) is 8.15. The molecule has 8 heteroatoms. The van der Waals surface area contributed by atoms with E-state index in [4.69, 9.17) is 9.47 Å². The van der Waals surface area contributed by atoms with Crippen LogP contribution in [0.5, 0.6) is 0 Å². The first-order valence-corrected chi connectivity index (χ1v) is 8.95. The molecule has 0 fully saturated rings. The number of hydrogen-bond donors (Lipinski definition) is 2. The van der Waals surface area contributed by atoms with Crippen molar-refractivity contribution in [3.8, 4) is 0 Å². The number of carbonyl (C=O) groups excluding carboxylic acids is 3. The quantitative estimate of drug-likeness (QED) is 0.711. The summed E-state index contributed by atoms with van der Waals surface area (Å²) in [5, 5.41) is 6.88. The zero-order chi connectivity index (χ0) is 20.1. The largest absolute Gasteiger partial charge is 0.444 e. The lowest BCUT2D eigenvalue weighted by Crippen LogP contribution is -2.29. The van der Waals surface area contributed by atoms with Crippen molar-refractivity contribution in [3.05, 3.63) is 16.3 Å². The van der Waals surface area contributed by atoms with E-state index in [1.54, 1.807) is 53.0 Å². The van der Waals surface area contributed by atoms with Gasteiger partial charge in [-0.05, 0) is 60.6 Å². The van der Waals surface area contributed by atoms with Gasteiger partial charge in [-0.3, -0.25) is 15.4 Å². The maximum Gasteiger partial charge on any atom is 0.412 e. The summed E-state index contributed by atoms with van der Waals surface area (Å²) < 4.78 is 10.5. The second-order valence-electron chi connectivity index (χ2n) is 7.59. The summed E-state index contributed by atoms with van der Waals surface area (Å²) in [4.78, 5) is 35.9. The minimum absolute atomic E-state index is 0.136. The smallest absolute Gasteiger partial charge is 0.412 e. The first-order chi connectivity index (χ1) is 11.8. The fourth-order valence-corrected chi connectivity index (χ4v) is 2.58. The maximum absolute atomic E-state index is 12.1. The summed E-state index contributed by atoms with van der Waals surface area (Å²) >= 11 is 1.26. The molecule has 0 bridgehead atoms. The molecule has 0 atom stereocenters. The standard InChI is InChI=1S/C18H26N2O5S/c1-11(21)8-9-13-14(20-16(23)25-18(5,6)7)12(10-26-13)19-15(22)24-17(2,3)4/h8-10H,1-7H3,(H,19,22)(H,20,23)/b9-8+. The summed E-state index contributed by atoms with van der Waals surface area (Å²) in [5.41, 5.74) is -0.629. The summed E-state index contributed by atoms with van der Waals surface area (Å²) in [5.74, 6) is -0.136. The van der Waals surface area contributed by atoms with Crippen LogP contribution in [0, 0.1) is 0 Å². The van der Waals surface area contributed by atoms with Crippen LogP contribution >= 0.6 is 11.3 Å². The lowest BCUT2D eigenvalue weighted by Gasteiger charge is -2.21. The number of hydrogen-bond acceptors (Lipinski definition) is 6. The topological polar surface area (TPSA) is 93.7 Å². The summed E-state index contributed by atoms with van der Waals surface area (Å²) in [6.45, 7) is 11.9. The molecule has 0 aromatic carbocycles. The maximum atomic E-state index is 12.1. The number of rotatable bonds is 4. The Morgan fingerprint density at radius 1 is 0.962 bits per heavy atom. The molecule has 0 aliphatic heterocycles. The van der Waals surface area contributed by atoms with Gasteiger partial charge in [-0.2, -0.15) is 0 Å². The summed E-state index contributed by atoms with van der Waals surface area (Å²) in [6, 6.07) is 0. The van der Waals surface area contributed by atoms with Crippen molar-refractivity contribution in [1.29, 1.82) is 0 Å². The minimum Gasteiger partial charge on any atom is -0.444 e. The normalized spacial score (nSPS) is 12.0. The molecule has 0 saturated heterocycles. The van der Waals surface area contributed by atoms with Crippen LogP contribution in [0.1, 0.15) is 53.3 Å². The zero-order valence-corrected chi connectivity index (χ0v) is 17.0. The monoisotopic (exact) mass is 382 g/mol. The highest BCUT2D eigenvalue weighted by Crippen LogP contribution is 2.35. The highest BCUT2D eigenvalue weighted by Gasteiger charge is 2.22. The molecule has 1 aromatic heterocycles. The van der Waals surface area contributed by atoms with E-state index in [0.29, 0.717) is 16.3 Å². The minimum atomic E-state index is -0.672. The average molecular weight is 382 g/mol. The Bertz CT molecular complexity index is 708. The van der Waals surface area contributed by atoms with Gasteiger partial charge in [-0.25, -0.2) is 9.59 Å². The Kier molecular flexibility index (Phi) is 6.97. The van der Waals surface area contributed by atoms with Crippen molar-refractivity contribution < 1.29 is 23.9 Å². The van der Waals surface area contributed by atoms with Crippen LogP contribution in [-0.4, -0.2) is 29.2 Å². The molecule has 26 heavy (non-hydrogen) atoms. The van der Waals surface area contributed by atoms with Gasteiger partial charge in [-0.15, -0.1) is 11.3 Å². The van der Waals surface area contributed by atoms with E-state index in [2.05, 4.69) is 10.6 Å². The van der Waals surface area contributed by atoms with Gasteiger partial charge in [0.2, 0.25) is 0 Å². The van der Waals surface area contributed by atoms with Crippen molar-refractivity contribution >= 4 is 46.8 Å². The van der Waals surface area contributed by atoms with Crippen LogP contribution < -0.4 is 10.6 Å². The predicted molar refractivity (Wildman–Crippen MR) is 104 cm³/mol. The van der Waals surface area contributed by atoms with Crippen molar-refractivity contribution in [2.45, 2.75) is 59.7 Å². The molecule has 0 spiro atoms. The Labute approximate surface area is 157 Å². The number of nitrogens with one attached hydrogen (secondary N) is 2. The molecule has 2 N–H and O–H groups in total. The molecule has 0 aliphatic carbocycles. The lowest BCUT2D eigenvalue weighted by molar-refractivity contribution is -0.112. The third-order valence-corrected chi connectivity index (χ3v) is 3.50. The molecule has 7 nitrogen and oxygen atoms in total. The van der Waals surface area contributed by atoms with E-state index in [1.807, 2.05) is 0 Å². The zero-order valence-electron chi connectivity index (χ0n) is 16.2. The molecular weight excluding hydrogens is 356 g/mol. The Balaban J connectivity index is 3.08. The van der Waals surface area contributed by atoms with Crippen LogP contribution in [0.2, 0.25) is 0 Å². The fourth-order valence-electron chi connectivity index (χ4n) is 1.73. The molecule has 2 amide bonds. The number of allylic oxidation sites excluding steroid dienone is 1. The summed E-state index contributed by atoms with van der Waals surface area (Å²) in [7, 11) is 0. The molecule has 1 heterocycles. The predicted octanol–water partition coefficient (Wildman–Crippen LogP) is 5.04. The summed E-state index contributed by atoms with van der Waals surface area (Å²) in [6.07, 6.45) is 1.63. The van der Waals surface area contributed by atoms with Crippen LogP contribution in [0.3, 0.4) is 0 Å². The van der Waals surface area contributed by atoms with E-state index in [1.165, 1.54) is 24.3 Å². The average Bonchev–Trinajstić information content (AvgIpc) is 2.74. The Morgan fingerprint density at radius 3 is 1.92 bits per heavy atom.